The van der Waals surface area contributed by atoms with Gasteiger partial charge < -0.3 is 14.8 Å². The van der Waals surface area contributed by atoms with E-state index in [0.717, 1.165) is 10.4 Å². The summed E-state index contributed by atoms with van der Waals surface area (Å²) >= 11 is 0. The second kappa shape index (κ2) is 9.27. The van der Waals surface area contributed by atoms with Crippen molar-refractivity contribution < 1.29 is 27.1 Å². The summed E-state index contributed by atoms with van der Waals surface area (Å²) in [5.74, 6) is -0.164. The predicted octanol–water partition coefficient (Wildman–Crippen LogP) is 2.98. The van der Waals surface area contributed by atoms with E-state index in [1.54, 1.807) is 30.3 Å². The maximum absolute atomic E-state index is 14.5. The molecule has 0 saturated carbocycles. The molecule has 1 atom stereocenters. The summed E-state index contributed by atoms with van der Waals surface area (Å²) in [6.45, 7) is -0.261. The first kappa shape index (κ1) is 21.6. The van der Waals surface area contributed by atoms with Crippen LogP contribution < -0.4 is 19.1 Å². The minimum Gasteiger partial charge on any atom is -0.486 e. The Hall–Kier alpha value is -3.59. The molecule has 9 heteroatoms. The summed E-state index contributed by atoms with van der Waals surface area (Å²) in [7, 11) is -4.18. The number of hydrogen-bond acceptors (Lipinski definition) is 5. The molecule has 1 amide bonds. The number of nitrogens with zero attached hydrogens (tertiary/aromatic N) is 1. The molecule has 1 N–H and O–H groups in total. The summed E-state index contributed by atoms with van der Waals surface area (Å²) in [4.78, 5) is 12.6. The third kappa shape index (κ3) is 4.67. The first-order valence-corrected chi connectivity index (χ1v) is 11.4. The van der Waals surface area contributed by atoms with Gasteiger partial charge in [0.1, 0.15) is 25.1 Å². The lowest BCUT2D eigenvalue weighted by Gasteiger charge is -2.27. The lowest BCUT2D eigenvalue weighted by Crippen LogP contribution is -2.45. The molecular weight excluding hydrogens is 435 g/mol. The van der Waals surface area contributed by atoms with Gasteiger partial charge in [0.15, 0.2) is 11.5 Å². The van der Waals surface area contributed by atoms with Crippen LogP contribution in [0.2, 0.25) is 0 Å². The fourth-order valence-corrected chi connectivity index (χ4v) is 4.70. The molecule has 1 aliphatic rings. The quantitative estimate of drug-likeness (QED) is 0.591. The number of para-hydroxylation sites is 3. The summed E-state index contributed by atoms with van der Waals surface area (Å²) in [6, 6.07) is 20.2. The van der Waals surface area contributed by atoms with Crippen LogP contribution in [-0.2, 0) is 14.8 Å². The Morgan fingerprint density at radius 2 is 1.62 bits per heavy atom. The average molecular weight is 456 g/mol. The van der Waals surface area contributed by atoms with Crippen molar-refractivity contribution in [3.05, 3.63) is 84.7 Å². The topological polar surface area (TPSA) is 84.9 Å². The first-order valence-electron chi connectivity index (χ1n) is 9.92. The van der Waals surface area contributed by atoms with Crippen molar-refractivity contribution in [3.8, 4) is 11.5 Å². The van der Waals surface area contributed by atoms with Crippen molar-refractivity contribution in [2.24, 2.45) is 0 Å². The Morgan fingerprint density at radius 1 is 0.969 bits per heavy atom. The first-order chi connectivity index (χ1) is 15.4. The molecule has 4 rings (SSSR count). The second-order valence-corrected chi connectivity index (χ2v) is 8.94. The minimum absolute atomic E-state index is 0.0447. The van der Waals surface area contributed by atoms with Gasteiger partial charge in [-0.05, 0) is 36.4 Å². The van der Waals surface area contributed by atoms with Gasteiger partial charge in [0.2, 0.25) is 5.91 Å². The molecule has 0 spiro atoms. The monoisotopic (exact) mass is 456 g/mol. The van der Waals surface area contributed by atoms with Crippen molar-refractivity contribution in [1.82, 2.24) is 5.32 Å². The number of ether oxygens (including phenoxy) is 2. The molecule has 0 saturated heterocycles. The van der Waals surface area contributed by atoms with E-state index in [2.05, 4.69) is 5.32 Å². The van der Waals surface area contributed by atoms with Crippen LogP contribution in [0, 0.1) is 5.82 Å². The number of sulfonamides is 1. The summed E-state index contributed by atoms with van der Waals surface area (Å²) in [5, 5.41) is 2.65. The van der Waals surface area contributed by atoms with Crippen molar-refractivity contribution >= 4 is 21.6 Å². The molecule has 0 radical (unpaired) electrons. The molecule has 3 aromatic carbocycles. The number of nitrogens with one attached hydrogen (secondary N) is 1. The van der Waals surface area contributed by atoms with Crippen molar-refractivity contribution in [3.63, 3.8) is 0 Å². The number of carbonyl (C=O) groups is 1. The Bertz CT molecular complexity index is 1200. The van der Waals surface area contributed by atoms with Gasteiger partial charge in [-0.3, -0.25) is 9.10 Å². The number of halogens is 1. The highest BCUT2D eigenvalue weighted by molar-refractivity contribution is 7.92. The number of anilines is 1. The van der Waals surface area contributed by atoms with Crippen LogP contribution in [0.3, 0.4) is 0 Å². The van der Waals surface area contributed by atoms with Crippen LogP contribution in [0.25, 0.3) is 0 Å². The minimum atomic E-state index is -4.18. The third-order valence-corrected chi connectivity index (χ3v) is 6.61. The summed E-state index contributed by atoms with van der Waals surface area (Å²) in [5.41, 5.74) is -0.210. The van der Waals surface area contributed by atoms with E-state index in [1.165, 1.54) is 30.3 Å². The van der Waals surface area contributed by atoms with Crippen LogP contribution >= 0.6 is 0 Å². The van der Waals surface area contributed by atoms with Crippen LogP contribution in [0.5, 0.6) is 11.5 Å². The largest absolute Gasteiger partial charge is 0.486 e. The Morgan fingerprint density at radius 3 is 2.38 bits per heavy atom. The molecule has 166 valence electrons. The Labute approximate surface area is 185 Å². The second-order valence-electron chi connectivity index (χ2n) is 7.08. The zero-order chi connectivity index (χ0) is 22.6. The van der Waals surface area contributed by atoms with E-state index in [1.807, 2.05) is 12.1 Å². The number of benzene rings is 3. The molecule has 7 nitrogen and oxygen atoms in total. The van der Waals surface area contributed by atoms with Crippen LogP contribution in [0.4, 0.5) is 10.1 Å². The predicted molar refractivity (Wildman–Crippen MR) is 117 cm³/mol. The van der Waals surface area contributed by atoms with Gasteiger partial charge in [0.05, 0.1) is 17.1 Å². The molecule has 0 aromatic heterocycles. The number of amides is 1. The highest BCUT2D eigenvalue weighted by Crippen LogP contribution is 2.30. The van der Waals surface area contributed by atoms with Crippen LogP contribution in [0.1, 0.15) is 0 Å². The Balaban J connectivity index is 1.49. The number of rotatable bonds is 7. The van der Waals surface area contributed by atoms with E-state index in [9.17, 15) is 17.6 Å². The van der Waals surface area contributed by atoms with Crippen LogP contribution in [0.15, 0.2) is 83.8 Å². The van der Waals surface area contributed by atoms with Crippen molar-refractivity contribution in [2.45, 2.75) is 11.0 Å². The molecule has 0 aliphatic carbocycles. The normalized spacial score (nSPS) is 15.1. The fourth-order valence-electron chi connectivity index (χ4n) is 3.25. The summed E-state index contributed by atoms with van der Waals surface area (Å²) in [6.07, 6.45) is -0.443. The standard InChI is InChI=1S/C23H21FN2O5S/c24-19-10-4-5-11-20(19)26(32(28,29)18-8-2-1-3-9-18)15-23(27)25-14-17-16-30-21-12-6-7-13-22(21)31-17/h1-13,17H,14-16H2,(H,25,27). The molecule has 32 heavy (non-hydrogen) atoms. The van der Waals surface area contributed by atoms with Crippen LogP contribution in [-0.4, -0.2) is 40.1 Å². The zero-order valence-corrected chi connectivity index (χ0v) is 17.8. The van der Waals surface area contributed by atoms with Gasteiger partial charge in [0.25, 0.3) is 10.0 Å². The van der Waals surface area contributed by atoms with Gasteiger partial charge in [-0.1, -0.05) is 42.5 Å². The molecule has 0 bridgehead atoms. The number of hydrogen-bond donors (Lipinski definition) is 1. The number of carbonyl (C=O) groups excluding carboxylic acids is 1. The third-order valence-electron chi connectivity index (χ3n) is 4.83. The maximum atomic E-state index is 14.5. The van der Waals surface area contributed by atoms with E-state index in [4.69, 9.17) is 9.47 Å². The highest BCUT2D eigenvalue weighted by Gasteiger charge is 2.29. The highest BCUT2D eigenvalue weighted by atomic mass is 32.2. The van der Waals surface area contributed by atoms with Gasteiger partial charge in [-0.25, -0.2) is 12.8 Å². The van der Waals surface area contributed by atoms with Crippen molar-refractivity contribution in [1.29, 1.82) is 0 Å². The van der Waals surface area contributed by atoms with E-state index < -0.39 is 34.4 Å². The van der Waals surface area contributed by atoms with Crippen molar-refractivity contribution in [2.75, 3.05) is 24.0 Å². The smallest absolute Gasteiger partial charge is 0.264 e. The zero-order valence-electron chi connectivity index (χ0n) is 17.0. The lowest BCUT2D eigenvalue weighted by molar-refractivity contribution is -0.120. The summed E-state index contributed by atoms with van der Waals surface area (Å²) < 4.78 is 53.1. The SMILES string of the molecule is O=C(CN(c1ccccc1F)S(=O)(=O)c1ccccc1)NCC1COc2ccccc2O1. The lowest BCUT2D eigenvalue weighted by atomic mass is 10.2. The van der Waals surface area contributed by atoms with E-state index in [0.29, 0.717) is 11.5 Å². The molecule has 1 heterocycles. The van der Waals surface area contributed by atoms with Gasteiger partial charge in [0, 0.05) is 0 Å². The van der Waals surface area contributed by atoms with E-state index >= 15 is 0 Å². The Kier molecular flexibility index (Phi) is 6.27. The molecule has 0 fully saturated rings. The number of fused-ring (bicyclic) bond motifs is 1. The average Bonchev–Trinajstić information content (AvgIpc) is 2.82. The molecular formula is C23H21FN2O5S. The maximum Gasteiger partial charge on any atom is 0.264 e. The van der Waals surface area contributed by atoms with Gasteiger partial charge in [-0.2, -0.15) is 0 Å². The molecule has 3 aromatic rings. The molecule has 1 unspecified atom stereocenters. The van der Waals surface area contributed by atoms with Gasteiger partial charge in [-0.15, -0.1) is 0 Å². The van der Waals surface area contributed by atoms with Gasteiger partial charge >= 0.3 is 0 Å². The van der Waals surface area contributed by atoms with E-state index in [-0.39, 0.29) is 23.7 Å². The fraction of sp³-hybridized carbons (Fsp3) is 0.174. The molecule has 1 aliphatic heterocycles.